The van der Waals surface area contributed by atoms with Gasteiger partial charge in [-0.05, 0) is 12.1 Å². The number of aromatic nitrogens is 3. The Bertz CT molecular complexity index is 443. The van der Waals surface area contributed by atoms with E-state index in [1.807, 2.05) is 19.2 Å². The molecule has 2 aromatic heterocycles. The van der Waals surface area contributed by atoms with Crippen molar-refractivity contribution in [3.05, 3.63) is 42.7 Å². The van der Waals surface area contributed by atoms with Crippen LogP contribution < -0.4 is 10.6 Å². The molecule has 16 heavy (non-hydrogen) atoms. The molecule has 2 rings (SSSR count). The minimum atomic E-state index is 0.664. The molecule has 5 heteroatoms. The van der Waals surface area contributed by atoms with Crippen molar-refractivity contribution in [1.29, 1.82) is 0 Å². The van der Waals surface area contributed by atoms with Crippen LogP contribution in [0, 0.1) is 0 Å². The summed E-state index contributed by atoms with van der Waals surface area (Å²) in [4.78, 5) is 12.1. The van der Waals surface area contributed by atoms with E-state index in [-0.39, 0.29) is 0 Å². The molecule has 5 nitrogen and oxygen atoms in total. The van der Waals surface area contributed by atoms with Crippen LogP contribution in [0.5, 0.6) is 0 Å². The summed E-state index contributed by atoms with van der Waals surface area (Å²) in [7, 11) is 1.87. The fraction of sp³-hybridized carbons (Fsp3) is 0.182. The van der Waals surface area contributed by atoms with Crippen LogP contribution >= 0.6 is 0 Å². The number of pyridine rings is 1. The Balaban J connectivity index is 1.99. The Morgan fingerprint density at radius 3 is 2.81 bits per heavy atom. The van der Waals surface area contributed by atoms with Crippen LogP contribution in [0.25, 0.3) is 0 Å². The molecule has 2 N–H and O–H groups in total. The number of rotatable bonds is 4. The zero-order valence-electron chi connectivity index (χ0n) is 9.01. The minimum Gasteiger partial charge on any atom is -0.387 e. The van der Waals surface area contributed by atoms with E-state index < -0.39 is 0 Å². The molecule has 0 amide bonds. The van der Waals surface area contributed by atoms with Crippen molar-refractivity contribution >= 4 is 11.4 Å². The quantitative estimate of drug-likeness (QED) is 0.809. The van der Waals surface area contributed by atoms with Crippen molar-refractivity contribution in [3.8, 4) is 0 Å². The highest BCUT2D eigenvalue weighted by Crippen LogP contribution is 2.12. The Labute approximate surface area is 94.0 Å². The second-order valence-electron chi connectivity index (χ2n) is 3.27. The fourth-order valence-corrected chi connectivity index (χ4v) is 1.29. The summed E-state index contributed by atoms with van der Waals surface area (Å²) in [5.74, 6) is 0. The topological polar surface area (TPSA) is 62.7 Å². The average Bonchev–Trinajstić information content (AvgIpc) is 2.38. The van der Waals surface area contributed by atoms with Gasteiger partial charge < -0.3 is 10.6 Å². The third-order valence-electron chi connectivity index (χ3n) is 2.14. The van der Waals surface area contributed by atoms with Gasteiger partial charge in [-0.2, -0.15) is 0 Å². The van der Waals surface area contributed by atoms with Gasteiger partial charge >= 0.3 is 0 Å². The Morgan fingerprint density at radius 1 is 1.19 bits per heavy atom. The molecule has 0 spiro atoms. The molecule has 0 aliphatic rings. The molecule has 0 radical (unpaired) electrons. The summed E-state index contributed by atoms with van der Waals surface area (Å²) in [6.07, 6.45) is 6.82. The molecule has 0 saturated heterocycles. The van der Waals surface area contributed by atoms with Crippen molar-refractivity contribution in [2.24, 2.45) is 0 Å². The maximum absolute atomic E-state index is 4.13. The summed E-state index contributed by atoms with van der Waals surface area (Å²) in [6.45, 7) is 0.664. The zero-order valence-corrected chi connectivity index (χ0v) is 9.01. The van der Waals surface area contributed by atoms with Crippen LogP contribution in [-0.4, -0.2) is 22.0 Å². The molecular formula is C11H13N5. The van der Waals surface area contributed by atoms with Crippen LogP contribution in [0.1, 0.15) is 5.69 Å². The largest absolute Gasteiger partial charge is 0.387 e. The molecule has 0 fully saturated rings. The third-order valence-corrected chi connectivity index (χ3v) is 2.14. The molecular weight excluding hydrogens is 202 g/mol. The minimum absolute atomic E-state index is 0.664. The van der Waals surface area contributed by atoms with Gasteiger partial charge in [0.05, 0.1) is 36.0 Å². The number of nitrogens with zero attached hydrogens (tertiary/aromatic N) is 3. The van der Waals surface area contributed by atoms with Crippen molar-refractivity contribution in [3.63, 3.8) is 0 Å². The first-order valence-electron chi connectivity index (χ1n) is 5.00. The lowest BCUT2D eigenvalue weighted by Crippen LogP contribution is -2.02. The first-order chi connectivity index (χ1) is 7.88. The predicted octanol–water partition coefficient (Wildman–Crippen LogP) is 1.53. The van der Waals surface area contributed by atoms with Crippen molar-refractivity contribution in [2.45, 2.75) is 6.54 Å². The predicted molar refractivity (Wildman–Crippen MR) is 63.1 cm³/mol. The van der Waals surface area contributed by atoms with Gasteiger partial charge in [0.1, 0.15) is 6.33 Å². The van der Waals surface area contributed by atoms with Gasteiger partial charge in [0, 0.05) is 13.2 Å². The summed E-state index contributed by atoms with van der Waals surface area (Å²) in [5, 5.41) is 6.28. The summed E-state index contributed by atoms with van der Waals surface area (Å²) < 4.78 is 0. The van der Waals surface area contributed by atoms with E-state index in [4.69, 9.17) is 0 Å². The summed E-state index contributed by atoms with van der Waals surface area (Å²) in [6, 6.07) is 3.87. The van der Waals surface area contributed by atoms with E-state index in [1.54, 1.807) is 24.9 Å². The highest BCUT2D eigenvalue weighted by molar-refractivity contribution is 5.53. The van der Waals surface area contributed by atoms with Gasteiger partial charge in [-0.3, -0.25) is 4.98 Å². The van der Waals surface area contributed by atoms with Gasteiger partial charge in [0.15, 0.2) is 0 Å². The second-order valence-corrected chi connectivity index (χ2v) is 3.27. The molecule has 0 aliphatic heterocycles. The van der Waals surface area contributed by atoms with E-state index in [2.05, 4.69) is 25.6 Å². The van der Waals surface area contributed by atoms with Crippen LogP contribution in [0.2, 0.25) is 0 Å². The van der Waals surface area contributed by atoms with Gasteiger partial charge in [-0.1, -0.05) is 0 Å². The molecule has 0 aliphatic carbocycles. The van der Waals surface area contributed by atoms with Gasteiger partial charge in [-0.15, -0.1) is 0 Å². The monoisotopic (exact) mass is 215 g/mol. The zero-order chi connectivity index (χ0) is 11.2. The lowest BCUT2D eigenvalue weighted by Gasteiger charge is -2.06. The Kier molecular flexibility index (Phi) is 3.28. The maximum Gasteiger partial charge on any atom is 0.115 e. The Hall–Kier alpha value is -2.17. The average molecular weight is 215 g/mol. The summed E-state index contributed by atoms with van der Waals surface area (Å²) >= 11 is 0. The number of hydrogen-bond acceptors (Lipinski definition) is 5. The van der Waals surface area contributed by atoms with Crippen molar-refractivity contribution in [1.82, 2.24) is 15.0 Å². The van der Waals surface area contributed by atoms with Crippen molar-refractivity contribution in [2.75, 3.05) is 17.7 Å². The molecule has 2 aromatic rings. The highest BCUT2D eigenvalue weighted by atomic mass is 14.9. The van der Waals surface area contributed by atoms with E-state index >= 15 is 0 Å². The SMILES string of the molecule is CNc1cncc(NCc2ccncn2)c1. The van der Waals surface area contributed by atoms with Crippen LogP contribution in [0.4, 0.5) is 11.4 Å². The molecule has 82 valence electrons. The molecule has 0 saturated carbocycles. The maximum atomic E-state index is 4.13. The van der Waals surface area contributed by atoms with E-state index in [0.717, 1.165) is 17.1 Å². The molecule has 2 heterocycles. The van der Waals surface area contributed by atoms with Crippen LogP contribution in [0.3, 0.4) is 0 Å². The molecule has 0 unspecified atom stereocenters. The van der Waals surface area contributed by atoms with E-state index in [1.165, 1.54) is 0 Å². The van der Waals surface area contributed by atoms with Gasteiger partial charge in [0.25, 0.3) is 0 Å². The molecule has 0 bridgehead atoms. The number of nitrogens with one attached hydrogen (secondary N) is 2. The number of anilines is 2. The first-order valence-corrected chi connectivity index (χ1v) is 5.00. The smallest absolute Gasteiger partial charge is 0.115 e. The summed E-state index contributed by atoms with van der Waals surface area (Å²) in [5.41, 5.74) is 2.89. The van der Waals surface area contributed by atoms with Crippen LogP contribution in [0.15, 0.2) is 37.1 Å². The van der Waals surface area contributed by atoms with E-state index in [9.17, 15) is 0 Å². The molecule has 0 aromatic carbocycles. The fourth-order valence-electron chi connectivity index (χ4n) is 1.29. The first kappa shape index (κ1) is 10.4. The van der Waals surface area contributed by atoms with E-state index in [0.29, 0.717) is 6.54 Å². The normalized spacial score (nSPS) is 9.81. The number of hydrogen-bond donors (Lipinski definition) is 2. The lowest BCUT2D eigenvalue weighted by molar-refractivity contribution is 1.00. The second kappa shape index (κ2) is 5.06. The van der Waals surface area contributed by atoms with Gasteiger partial charge in [-0.25, -0.2) is 9.97 Å². The van der Waals surface area contributed by atoms with Crippen molar-refractivity contribution < 1.29 is 0 Å². The van der Waals surface area contributed by atoms with Gasteiger partial charge in [0.2, 0.25) is 0 Å². The lowest BCUT2D eigenvalue weighted by atomic mass is 10.3. The molecule has 0 atom stereocenters. The highest BCUT2D eigenvalue weighted by Gasteiger charge is 1.96. The Morgan fingerprint density at radius 2 is 2.06 bits per heavy atom. The standard InChI is InChI=1S/C11H13N5/c1-12-10-4-11(6-14-5-10)15-7-9-2-3-13-8-16-9/h2-6,8,12,15H,7H2,1H3. The van der Waals surface area contributed by atoms with Crippen LogP contribution in [-0.2, 0) is 6.54 Å². The third kappa shape index (κ3) is 2.66.